The standard InChI is InChI=1S/C16H20N4O2/c1-13(22-12-14-5-3-2-4-6-14)16(21)20-10-9-19-15-11-17-7-8-18-15/h2-8,11,13H,9-10,12H2,1H3,(H,18,19)(H,20,21)/t13-/m1/s1. The maximum Gasteiger partial charge on any atom is 0.248 e. The first-order valence-electron chi connectivity index (χ1n) is 7.19. The average Bonchev–Trinajstić information content (AvgIpc) is 2.58. The highest BCUT2D eigenvalue weighted by Gasteiger charge is 2.12. The Morgan fingerprint density at radius 3 is 2.77 bits per heavy atom. The van der Waals surface area contributed by atoms with Crippen molar-refractivity contribution in [2.75, 3.05) is 18.4 Å². The topological polar surface area (TPSA) is 76.1 Å². The highest BCUT2D eigenvalue weighted by atomic mass is 16.5. The predicted octanol–water partition coefficient (Wildman–Crippen LogP) is 1.61. The average molecular weight is 300 g/mol. The molecule has 1 atom stereocenters. The van der Waals surface area contributed by atoms with E-state index in [1.54, 1.807) is 25.5 Å². The van der Waals surface area contributed by atoms with Gasteiger partial charge in [0.2, 0.25) is 5.91 Å². The number of rotatable bonds is 8. The Morgan fingerprint density at radius 2 is 2.05 bits per heavy atom. The number of amides is 1. The molecule has 22 heavy (non-hydrogen) atoms. The van der Waals surface area contributed by atoms with Gasteiger partial charge in [-0.3, -0.25) is 9.78 Å². The molecule has 0 fully saturated rings. The second-order valence-corrected chi connectivity index (χ2v) is 4.75. The third-order valence-corrected chi connectivity index (χ3v) is 3.01. The Morgan fingerprint density at radius 1 is 1.23 bits per heavy atom. The number of hydrogen-bond donors (Lipinski definition) is 2. The van der Waals surface area contributed by atoms with Gasteiger partial charge in [0.05, 0.1) is 12.8 Å². The molecule has 1 heterocycles. The van der Waals surface area contributed by atoms with Crippen LogP contribution in [0.15, 0.2) is 48.9 Å². The number of aromatic nitrogens is 2. The molecular weight excluding hydrogens is 280 g/mol. The Labute approximate surface area is 129 Å². The molecule has 0 aliphatic carbocycles. The number of benzene rings is 1. The van der Waals surface area contributed by atoms with E-state index in [9.17, 15) is 4.79 Å². The maximum atomic E-state index is 11.9. The third-order valence-electron chi connectivity index (χ3n) is 3.01. The molecule has 1 aromatic carbocycles. The van der Waals surface area contributed by atoms with Crippen molar-refractivity contribution in [1.82, 2.24) is 15.3 Å². The largest absolute Gasteiger partial charge is 0.367 e. The molecule has 1 amide bonds. The van der Waals surface area contributed by atoms with Crippen molar-refractivity contribution in [3.05, 3.63) is 54.5 Å². The maximum absolute atomic E-state index is 11.9. The summed E-state index contributed by atoms with van der Waals surface area (Å²) in [4.78, 5) is 19.9. The molecule has 0 aliphatic heterocycles. The molecule has 116 valence electrons. The number of ether oxygens (including phenoxy) is 1. The summed E-state index contributed by atoms with van der Waals surface area (Å²) < 4.78 is 5.55. The molecule has 0 saturated heterocycles. The van der Waals surface area contributed by atoms with Gasteiger partial charge in [-0.1, -0.05) is 30.3 Å². The molecule has 2 aromatic rings. The van der Waals surface area contributed by atoms with E-state index < -0.39 is 6.10 Å². The number of nitrogens with zero attached hydrogens (tertiary/aromatic N) is 2. The Bertz CT molecular complexity index is 563. The van der Waals surface area contributed by atoms with E-state index in [1.165, 1.54) is 0 Å². The lowest BCUT2D eigenvalue weighted by Gasteiger charge is -2.13. The van der Waals surface area contributed by atoms with Crippen LogP contribution in [0.2, 0.25) is 0 Å². The van der Waals surface area contributed by atoms with Crippen LogP contribution in [0, 0.1) is 0 Å². The van der Waals surface area contributed by atoms with Crippen LogP contribution in [0.1, 0.15) is 12.5 Å². The monoisotopic (exact) mass is 300 g/mol. The normalized spacial score (nSPS) is 11.7. The van der Waals surface area contributed by atoms with Crippen molar-refractivity contribution in [3.8, 4) is 0 Å². The van der Waals surface area contributed by atoms with E-state index in [-0.39, 0.29) is 5.91 Å². The summed E-state index contributed by atoms with van der Waals surface area (Å²) >= 11 is 0. The highest BCUT2D eigenvalue weighted by Crippen LogP contribution is 2.03. The van der Waals surface area contributed by atoms with E-state index in [0.717, 1.165) is 5.56 Å². The fourth-order valence-electron chi connectivity index (χ4n) is 1.78. The Kier molecular flexibility index (Phi) is 6.32. The van der Waals surface area contributed by atoms with Crippen molar-refractivity contribution >= 4 is 11.7 Å². The second-order valence-electron chi connectivity index (χ2n) is 4.75. The minimum absolute atomic E-state index is 0.128. The minimum atomic E-state index is -0.489. The molecule has 2 N–H and O–H groups in total. The van der Waals surface area contributed by atoms with Crippen LogP contribution in [-0.4, -0.2) is 35.1 Å². The Hall–Kier alpha value is -2.47. The summed E-state index contributed by atoms with van der Waals surface area (Å²) in [6, 6.07) is 9.78. The summed E-state index contributed by atoms with van der Waals surface area (Å²) in [5.74, 6) is 0.557. The molecule has 0 aliphatic rings. The molecule has 0 unspecified atom stereocenters. The van der Waals surface area contributed by atoms with E-state index in [4.69, 9.17) is 4.74 Å². The molecular formula is C16H20N4O2. The summed E-state index contributed by atoms with van der Waals surface area (Å²) in [7, 11) is 0. The first-order chi connectivity index (χ1) is 10.8. The van der Waals surface area contributed by atoms with Gasteiger partial charge in [0, 0.05) is 25.5 Å². The Balaban J connectivity index is 1.62. The fraction of sp³-hybridized carbons (Fsp3) is 0.312. The minimum Gasteiger partial charge on any atom is -0.367 e. The van der Waals surface area contributed by atoms with Crippen LogP contribution < -0.4 is 10.6 Å². The molecule has 1 aromatic heterocycles. The van der Waals surface area contributed by atoms with Crippen molar-refractivity contribution in [2.45, 2.75) is 19.6 Å². The quantitative estimate of drug-likeness (QED) is 0.724. The first-order valence-corrected chi connectivity index (χ1v) is 7.19. The molecule has 0 bridgehead atoms. The van der Waals surface area contributed by atoms with Gasteiger partial charge in [-0.15, -0.1) is 0 Å². The summed E-state index contributed by atoms with van der Waals surface area (Å²) in [6.07, 6.45) is 4.36. The number of anilines is 1. The van der Waals surface area contributed by atoms with Crippen molar-refractivity contribution in [3.63, 3.8) is 0 Å². The fourth-order valence-corrected chi connectivity index (χ4v) is 1.78. The number of carbonyl (C=O) groups is 1. The lowest BCUT2D eigenvalue weighted by molar-refractivity contribution is -0.132. The van der Waals surface area contributed by atoms with Crippen LogP contribution in [0.25, 0.3) is 0 Å². The molecule has 0 spiro atoms. The zero-order valence-electron chi connectivity index (χ0n) is 12.5. The molecule has 2 rings (SSSR count). The zero-order valence-corrected chi connectivity index (χ0v) is 12.5. The third kappa shape index (κ3) is 5.49. The van der Waals surface area contributed by atoms with Crippen LogP contribution in [-0.2, 0) is 16.1 Å². The van der Waals surface area contributed by atoms with Gasteiger partial charge in [-0.2, -0.15) is 0 Å². The summed E-state index contributed by atoms with van der Waals surface area (Å²) in [5, 5.41) is 5.88. The van der Waals surface area contributed by atoms with E-state index in [0.29, 0.717) is 25.5 Å². The van der Waals surface area contributed by atoms with Crippen molar-refractivity contribution in [2.24, 2.45) is 0 Å². The zero-order chi connectivity index (χ0) is 15.6. The van der Waals surface area contributed by atoms with Crippen LogP contribution in [0.5, 0.6) is 0 Å². The van der Waals surface area contributed by atoms with E-state index in [1.807, 2.05) is 30.3 Å². The van der Waals surface area contributed by atoms with Gasteiger partial charge in [-0.25, -0.2) is 4.98 Å². The first kappa shape index (κ1) is 15.9. The molecule has 6 heteroatoms. The summed E-state index contributed by atoms with van der Waals surface area (Å²) in [6.45, 7) is 3.24. The van der Waals surface area contributed by atoms with Gasteiger partial charge in [0.1, 0.15) is 11.9 Å². The predicted molar refractivity (Wildman–Crippen MR) is 84.2 cm³/mol. The summed E-state index contributed by atoms with van der Waals surface area (Å²) in [5.41, 5.74) is 1.05. The van der Waals surface area contributed by atoms with Crippen molar-refractivity contribution in [1.29, 1.82) is 0 Å². The number of hydrogen-bond acceptors (Lipinski definition) is 5. The highest BCUT2D eigenvalue weighted by molar-refractivity contribution is 5.80. The molecule has 6 nitrogen and oxygen atoms in total. The van der Waals surface area contributed by atoms with Gasteiger partial charge in [-0.05, 0) is 12.5 Å². The van der Waals surface area contributed by atoms with Gasteiger partial charge in [0.25, 0.3) is 0 Å². The lowest BCUT2D eigenvalue weighted by Crippen LogP contribution is -2.37. The van der Waals surface area contributed by atoms with E-state index >= 15 is 0 Å². The lowest BCUT2D eigenvalue weighted by atomic mass is 10.2. The number of nitrogens with one attached hydrogen (secondary N) is 2. The second kappa shape index (κ2) is 8.74. The van der Waals surface area contributed by atoms with Crippen LogP contribution >= 0.6 is 0 Å². The van der Waals surface area contributed by atoms with E-state index in [2.05, 4.69) is 20.6 Å². The molecule has 0 radical (unpaired) electrons. The van der Waals surface area contributed by atoms with Gasteiger partial charge in [0.15, 0.2) is 0 Å². The van der Waals surface area contributed by atoms with Crippen molar-refractivity contribution < 1.29 is 9.53 Å². The molecule has 0 saturated carbocycles. The number of carbonyl (C=O) groups excluding carboxylic acids is 1. The SMILES string of the molecule is C[C@@H](OCc1ccccc1)C(=O)NCCNc1cnccn1. The van der Waals surface area contributed by atoms with Gasteiger partial charge < -0.3 is 15.4 Å². The smallest absolute Gasteiger partial charge is 0.248 e. The van der Waals surface area contributed by atoms with Gasteiger partial charge >= 0.3 is 0 Å². The van der Waals surface area contributed by atoms with Crippen LogP contribution in [0.3, 0.4) is 0 Å². The van der Waals surface area contributed by atoms with Crippen LogP contribution in [0.4, 0.5) is 5.82 Å².